The second-order valence-electron chi connectivity index (χ2n) is 5.35. The van der Waals surface area contributed by atoms with Crippen LogP contribution in [0.1, 0.15) is 35.7 Å². The van der Waals surface area contributed by atoms with Gasteiger partial charge in [-0.15, -0.1) is 11.3 Å². The van der Waals surface area contributed by atoms with Gasteiger partial charge in [0.15, 0.2) is 0 Å². The third-order valence-corrected chi connectivity index (χ3v) is 4.92. The SMILES string of the molecule is CCC(N)C(c1sccc1C)N(C)Cc1nccn1C. The summed E-state index contributed by atoms with van der Waals surface area (Å²) in [4.78, 5) is 8.10. The zero-order valence-corrected chi connectivity index (χ0v) is 13.5. The van der Waals surface area contributed by atoms with Crippen LogP contribution in [0.2, 0.25) is 0 Å². The number of nitrogens with two attached hydrogens (primary N) is 1. The average Bonchev–Trinajstić information content (AvgIpc) is 3.00. The molecule has 2 heterocycles. The van der Waals surface area contributed by atoms with Gasteiger partial charge in [-0.25, -0.2) is 4.98 Å². The Labute approximate surface area is 125 Å². The maximum absolute atomic E-state index is 6.38. The standard InChI is InChI=1S/C15H24N4S/c1-5-12(16)14(15-11(2)6-9-20-15)19(4)10-13-17-7-8-18(13)3/h6-9,12,14H,5,10,16H2,1-4H3. The number of rotatable bonds is 6. The van der Waals surface area contributed by atoms with E-state index in [9.17, 15) is 0 Å². The van der Waals surface area contributed by atoms with E-state index in [0.29, 0.717) is 0 Å². The lowest BCUT2D eigenvalue weighted by Crippen LogP contribution is -2.38. The van der Waals surface area contributed by atoms with E-state index in [1.54, 1.807) is 11.3 Å². The number of aryl methyl sites for hydroxylation is 2. The lowest BCUT2D eigenvalue weighted by Gasteiger charge is -2.32. The summed E-state index contributed by atoms with van der Waals surface area (Å²) in [6.07, 6.45) is 4.79. The minimum absolute atomic E-state index is 0.137. The Morgan fingerprint density at radius 3 is 2.75 bits per heavy atom. The number of nitrogens with zero attached hydrogens (tertiary/aromatic N) is 3. The van der Waals surface area contributed by atoms with Crippen LogP contribution >= 0.6 is 11.3 Å². The van der Waals surface area contributed by atoms with E-state index in [-0.39, 0.29) is 12.1 Å². The van der Waals surface area contributed by atoms with Crippen molar-refractivity contribution in [1.29, 1.82) is 0 Å². The predicted octanol–water partition coefficient (Wildman–Crippen LogP) is 2.70. The first-order valence-corrected chi connectivity index (χ1v) is 7.88. The summed E-state index contributed by atoms with van der Waals surface area (Å²) in [6, 6.07) is 2.55. The predicted molar refractivity (Wildman–Crippen MR) is 84.7 cm³/mol. The van der Waals surface area contributed by atoms with E-state index in [0.717, 1.165) is 18.8 Å². The lowest BCUT2D eigenvalue weighted by molar-refractivity contribution is 0.198. The van der Waals surface area contributed by atoms with Gasteiger partial charge in [0.2, 0.25) is 0 Å². The fourth-order valence-corrected chi connectivity index (χ4v) is 3.67. The van der Waals surface area contributed by atoms with Crippen molar-refractivity contribution in [2.45, 2.75) is 38.9 Å². The van der Waals surface area contributed by atoms with Gasteiger partial charge < -0.3 is 10.3 Å². The van der Waals surface area contributed by atoms with Crippen molar-refractivity contribution in [3.05, 3.63) is 40.1 Å². The minimum atomic E-state index is 0.137. The van der Waals surface area contributed by atoms with Gasteiger partial charge in [0.05, 0.1) is 12.6 Å². The molecule has 0 aliphatic carbocycles. The highest BCUT2D eigenvalue weighted by Crippen LogP contribution is 2.31. The number of hydrogen-bond donors (Lipinski definition) is 1. The highest BCUT2D eigenvalue weighted by Gasteiger charge is 2.26. The fourth-order valence-electron chi connectivity index (χ4n) is 2.50. The third kappa shape index (κ3) is 3.11. The Hall–Kier alpha value is -1.17. The molecule has 0 aliphatic rings. The second-order valence-corrected chi connectivity index (χ2v) is 6.30. The van der Waals surface area contributed by atoms with Crippen molar-refractivity contribution in [2.24, 2.45) is 12.8 Å². The van der Waals surface area contributed by atoms with Crippen LogP contribution in [-0.4, -0.2) is 27.5 Å². The van der Waals surface area contributed by atoms with Crippen molar-refractivity contribution in [3.63, 3.8) is 0 Å². The molecule has 2 unspecified atom stereocenters. The van der Waals surface area contributed by atoms with Gasteiger partial charge in [0.25, 0.3) is 0 Å². The Kier molecular flexibility index (Phi) is 4.96. The summed E-state index contributed by atoms with van der Waals surface area (Å²) < 4.78 is 2.06. The van der Waals surface area contributed by atoms with Crippen molar-refractivity contribution < 1.29 is 0 Å². The number of aromatic nitrogens is 2. The van der Waals surface area contributed by atoms with E-state index in [1.807, 2.05) is 19.4 Å². The number of likely N-dealkylation sites (N-methyl/N-ethyl adjacent to an activating group) is 1. The van der Waals surface area contributed by atoms with E-state index >= 15 is 0 Å². The maximum atomic E-state index is 6.38. The molecular formula is C15H24N4S. The highest BCUT2D eigenvalue weighted by molar-refractivity contribution is 7.10. The highest BCUT2D eigenvalue weighted by atomic mass is 32.1. The first-order chi connectivity index (χ1) is 9.54. The Morgan fingerprint density at radius 2 is 2.25 bits per heavy atom. The van der Waals surface area contributed by atoms with Crippen molar-refractivity contribution in [1.82, 2.24) is 14.5 Å². The lowest BCUT2D eigenvalue weighted by atomic mass is 10.0. The molecule has 20 heavy (non-hydrogen) atoms. The Morgan fingerprint density at radius 1 is 1.50 bits per heavy atom. The van der Waals surface area contributed by atoms with Gasteiger partial charge in [-0.2, -0.15) is 0 Å². The molecule has 0 saturated heterocycles. The van der Waals surface area contributed by atoms with Crippen LogP contribution < -0.4 is 5.73 Å². The normalized spacial score (nSPS) is 14.7. The van der Waals surface area contributed by atoms with Gasteiger partial charge in [0, 0.05) is 30.4 Å². The van der Waals surface area contributed by atoms with Crippen molar-refractivity contribution in [3.8, 4) is 0 Å². The molecule has 2 N–H and O–H groups in total. The zero-order valence-electron chi connectivity index (χ0n) is 12.7. The van der Waals surface area contributed by atoms with Crippen LogP contribution in [0.3, 0.4) is 0 Å². The second kappa shape index (κ2) is 6.52. The number of hydrogen-bond acceptors (Lipinski definition) is 4. The molecule has 0 spiro atoms. The van der Waals surface area contributed by atoms with E-state index < -0.39 is 0 Å². The largest absolute Gasteiger partial charge is 0.337 e. The topological polar surface area (TPSA) is 47.1 Å². The number of thiophene rings is 1. The molecule has 0 bridgehead atoms. The molecule has 2 atom stereocenters. The summed E-state index contributed by atoms with van der Waals surface area (Å²) >= 11 is 1.80. The molecule has 5 heteroatoms. The summed E-state index contributed by atoms with van der Waals surface area (Å²) in [5.41, 5.74) is 7.71. The fraction of sp³-hybridized carbons (Fsp3) is 0.533. The molecule has 110 valence electrons. The molecule has 0 saturated carbocycles. The monoisotopic (exact) mass is 292 g/mol. The van der Waals surface area contributed by atoms with Gasteiger partial charge in [-0.05, 0) is 37.4 Å². The molecule has 4 nitrogen and oxygen atoms in total. The number of imidazole rings is 1. The molecule has 0 aliphatic heterocycles. The average molecular weight is 292 g/mol. The molecule has 0 fully saturated rings. The van der Waals surface area contributed by atoms with Gasteiger partial charge >= 0.3 is 0 Å². The van der Waals surface area contributed by atoms with Gasteiger partial charge in [0.1, 0.15) is 5.82 Å². The van der Waals surface area contributed by atoms with Crippen LogP contribution in [0.15, 0.2) is 23.8 Å². The third-order valence-electron chi connectivity index (χ3n) is 3.83. The first kappa shape index (κ1) is 15.2. The first-order valence-electron chi connectivity index (χ1n) is 7.00. The van der Waals surface area contributed by atoms with Gasteiger partial charge in [-0.3, -0.25) is 4.90 Å². The summed E-state index contributed by atoms with van der Waals surface area (Å²) in [6.45, 7) is 5.12. The van der Waals surface area contributed by atoms with Crippen LogP contribution in [0.25, 0.3) is 0 Å². The van der Waals surface area contributed by atoms with E-state index in [1.165, 1.54) is 10.4 Å². The Bertz CT molecular complexity index is 546. The minimum Gasteiger partial charge on any atom is -0.337 e. The molecule has 2 aromatic heterocycles. The zero-order chi connectivity index (χ0) is 14.7. The van der Waals surface area contributed by atoms with Crippen LogP contribution in [0.4, 0.5) is 0 Å². The quantitative estimate of drug-likeness (QED) is 0.890. The maximum Gasteiger partial charge on any atom is 0.122 e. The van der Waals surface area contributed by atoms with Crippen LogP contribution in [0.5, 0.6) is 0 Å². The Balaban J connectivity index is 2.23. The summed E-state index contributed by atoms with van der Waals surface area (Å²) in [5.74, 6) is 1.06. The van der Waals surface area contributed by atoms with Crippen LogP contribution in [-0.2, 0) is 13.6 Å². The molecule has 2 aromatic rings. The molecular weight excluding hydrogens is 268 g/mol. The molecule has 2 rings (SSSR count). The summed E-state index contributed by atoms with van der Waals surface area (Å²) in [7, 11) is 4.16. The van der Waals surface area contributed by atoms with Crippen LogP contribution in [0, 0.1) is 6.92 Å². The smallest absolute Gasteiger partial charge is 0.122 e. The molecule has 0 radical (unpaired) electrons. The molecule has 0 aromatic carbocycles. The van der Waals surface area contributed by atoms with E-state index in [4.69, 9.17) is 5.73 Å². The van der Waals surface area contributed by atoms with Gasteiger partial charge in [-0.1, -0.05) is 6.92 Å². The molecule has 0 amide bonds. The van der Waals surface area contributed by atoms with E-state index in [2.05, 4.69) is 46.8 Å². The van der Waals surface area contributed by atoms with Crippen molar-refractivity contribution >= 4 is 11.3 Å². The van der Waals surface area contributed by atoms with Crippen molar-refractivity contribution in [2.75, 3.05) is 7.05 Å². The summed E-state index contributed by atoms with van der Waals surface area (Å²) in [5, 5.41) is 2.15.